The molecule has 0 aliphatic rings. The molecule has 0 spiro atoms. The molecule has 96 valence electrons. The smallest absolute Gasteiger partial charge is 0.268 e. The fourth-order valence-corrected chi connectivity index (χ4v) is 1.56. The highest BCUT2D eigenvalue weighted by Crippen LogP contribution is 2.11. The molecule has 0 bridgehead atoms. The fraction of sp³-hybridized carbons (Fsp3) is 0.583. The van der Waals surface area contributed by atoms with Crippen LogP contribution in [0.4, 0.5) is 5.69 Å². The van der Waals surface area contributed by atoms with E-state index in [1.54, 1.807) is 19.4 Å². The Bertz CT molecular complexity index is 374. The van der Waals surface area contributed by atoms with E-state index in [1.165, 1.54) is 0 Å². The van der Waals surface area contributed by atoms with Gasteiger partial charge in [0.1, 0.15) is 5.69 Å². The fourth-order valence-electron chi connectivity index (χ4n) is 1.56. The molecule has 0 radical (unpaired) electrons. The van der Waals surface area contributed by atoms with Crippen molar-refractivity contribution in [3.05, 3.63) is 18.0 Å². The standard InChI is InChI=1S/C12H21N3O2/c1-4-5-15-8-10(13)6-11(15)12(16)14-7-9(2)17-3/h6,8-9H,4-5,7,13H2,1-3H3,(H,14,16). The second-order valence-corrected chi connectivity index (χ2v) is 4.11. The van der Waals surface area contributed by atoms with Crippen LogP contribution in [0.3, 0.4) is 0 Å². The van der Waals surface area contributed by atoms with Crippen LogP contribution in [0.25, 0.3) is 0 Å². The van der Waals surface area contributed by atoms with E-state index in [9.17, 15) is 4.79 Å². The van der Waals surface area contributed by atoms with Crippen LogP contribution in [0.1, 0.15) is 30.8 Å². The number of nitrogens with two attached hydrogens (primary N) is 1. The molecule has 3 N–H and O–H groups in total. The summed E-state index contributed by atoms with van der Waals surface area (Å²) in [5.74, 6) is -0.112. The summed E-state index contributed by atoms with van der Waals surface area (Å²) in [4.78, 5) is 11.9. The topological polar surface area (TPSA) is 69.3 Å². The van der Waals surface area contributed by atoms with Crippen molar-refractivity contribution >= 4 is 11.6 Å². The first-order valence-corrected chi connectivity index (χ1v) is 5.85. The molecule has 0 saturated heterocycles. The summed E-state index contributed by atoms with van der Waals surface area (Å²) in [5, 5.41) is 2.82. The minimum absolute atomic E-state index is 0.00545. The largest absolute Gasteiger partial charge is 0.397 e. The van der Waals surface area contributed by atoms with Crippen molar-refractivity contribution < 1.29 is 9.53 Å². The molecule has 0 aliphatic carbocycles. The molecule has 5 nitrogen and oxygen atoms in total. The first-order chi connectivity index (χ1) is 8.08. The van der Waals surface area contributed by atoms with Crippen molar-refractivity contribution in [2.45, 2.75) is 32.9 Å². The number of nitrogens with one attached hydrogen (secondary N) is 1. The van der Waals surface area contributed by atoms with Gasteiger partial charge in [-0.25, -0.2) is 0 Å². The van der Waals surface area contributed by atoms with Gasteiger partial charge in [0.25, 0.3) is 5.91 Å². The van der Waals surface area contributed by atoms with Crippen LogP contribution < -0.4 is 11.1 Å². The molecular weight excluding hydrogens is 218 g/mol. The Morgan fingerprint density at radius 2 is 2.35 bits per heavy atom. The van der Waals surface area contributed by atoms with Gasteiger partial charge in [0.15, 0.2) is 0 Å². The lowest BCUT2D eigenvalue weighted by molar-refractivity contribution is 0.0862. The predicted molar refractivity (Wildman–Crippen MR) is 67.9 cm³/mol. The predicted octanol–water partition coefficient (Wildman–Crippen LogP) is 1.24. The summed E-state index contributed by atoms with van der Waals surface area (Å²) < 4.78 is 6.95. The number of anilines is 1. The molecule has 5 heteroatoms. The van der Waals surface area contributed by atoms with E-state index in [1.807, 2.05) is 11.5 Å². The molecule has 1 unspecified atom stereocenters. The minimum atomic E-state index is -0.112. The van der Waals surface area contributed by atoms with Crippen LogP contribution in [0.15, 0.2) is 12.3 Å². The first-order valence-electron chi connectivity index (χ1n) is 5.85. The molecule has 0 saturated carbocycles. The molecule has 1 aromatic heterocycles. The van der Waals surface area contributed by atoms with E-state index in [0.717, 1.165) is 13.0 Å². The lowest BCUT2D eigenvalue weighted by Gasteiger charge is -2.12. The number of methoxy groups -OCH3 is 1. The van der Waals surface area contributed by atoms with Crippen LogP contribution in [0.2, 0.25) is 0 Å². The highest BCUT2D eigenvalue weighted by molar-refractivity contribution is 5.93. The number of aromatic nitrogens is 1. The summed E-state index contributed by atoms with van der Waals surface area (Å²) in [6.07, 6.45) is 2.76. The van der Waals surface area contributed by atoms with Gasteiger partial charge in [0.05, 0.1) is 11.8 Å². The van der Waals surface area contributed by atoms with Crippen LogP contribution in [-0.4, -0.2) is 30.2 Å². The normalized spacial score (nSPS) is 12.4. The van der Waals surface area contributed by atoms with Gasteiger partial charge in [-0.1, -0.05) is 6.92 Å². The van der Waals surface area contributed by atoms with Crippen molar-refractivity contribution in [3.8, 4) is 0 Å². The van der Waals surface area contributed by atoms with Crippen LogP contribution in [0.5, 0.6) is 0 Å². The zero-order valence-electron chi connectivity index (χ0n) is 10.7. The second-order valence-electron chi connectivity index (χ2n) is 4.11. The Balaban J connectivity index is 2.67. The minimum Gasteiger partial charge on any atom is -0.397 e. The number of carbonyl (C=O) groups is 1. The molecule has 1 amide bonds. The number of nitrogen functional groups attached to an aromatic ring is 1. The zero-order chi connectivity index (χ0) is 12.8. The number of aryl methyl sites for hydroxylation is 1. The van der Waals surface area contributed by atoms with Gasteiger partial charge in [-0.15, -0.1) is 0 Å². The lowest BCUT2D eigenvalue weighted by atomic mass is 10.3. The molecule has 17 heavy (non-hydrogen) atoms. The van der Waals surface area contributed by atoms with E-state index < -0.39 is 0 Å². The summed E-state index contributed by atoms with van der Waals surface area (Å²) in [6.45, 7) is 5.25. The molecule has 0 fully saturated rings. The number of nitrogens with zero attached hydrogens (tertiary/aromatic N) is 1. The molecule has 0 aromatic carbocycles. The molecule has 1 aromatic rings. The van der Waals surface area contributed by atoms with Crippen LogP contribution in [-0.2, 0) is 11.3 Å². The Labute approximate surface area is 102 Å². The Hall–Kier alpha value is -1.49. The van der Waals surface area contributed by atoms with Crippen molar-refractivity contribution in [2.24, 2.45) is 0 Å². The number of amides is 1. The summed E-state index contributed by atoms with van der Waals surface area (Å²) in [5.41, 5.74) is 6.92. The average Bonchev–Trinajstić information content (AvgIpc) is 2.67. The van der Waals surface area contributed by atoms with Gasteiger partial charge < -0.3 is 20.4 Å². The molecule has 1 heterocycles. The van der Waals surface area contributed by atoms with E-state index >= 15 is 0 Å². The molecular formula is C12H21N3O2. The maximum atomic E-state index is 11.9. The maximum absolute atomic E-state index is 11.9. The van der Waals surface area contributed by atoms with Crippen molar-refractivity contribution in [3.63, 3.8) is 0 Å². The third kappa shape index (κ3) is 3.78. The van der Waals surface area contributed by atoms with Gasteiger partial charge in [-0.2, -0.15) is 0 Å². The van der Waals surface area contributed by atoms with Gasteiger partial charge in [0.2, 0.25) is 0 Å². The third-order valence-electron chi connectivity index (χ3n) is 2.57. The Morgan fingerprint density at radius 3 is 2.94 bits per heavy atom. The highest BCUT2D eigenvalue weighted by atomic mass is 16.5. The number of ether oxygens (including phenoxy) is 1. The quantitative estimate of drug-likeness (QED) is 0.785. The van der Waals surface area contributed by atoms with Gasteiger partial charge in [0, 0.05) is 26.4 Å². The number of rotatable bonds is 6. The van der Waals surface area contributed by atoms with Gasteiger partial charge >= 0.3 is 0 Å². The highest BCUT2D eigenvalue weighted by Gasteiger charge is 2.13. The summed E-state index contributed by atoms with van der Waals surface area (Å²) in [6, 6.07) is 1.70. The van der Waals surface area contributed by atoms with Crippen LogP contribution in [0, 0.1) is 0 Å². The number of carbonyl (C=O) groups excluding carboxylic acids is 1. The zero-order valence-corrected chi connectivity index (χ0v) is 10.7. The SMILES string of the molecule is CCCn1cc(N)cc1C(=O)NCC(C)OC. The maximum Gasteiger partial charge on any atom is 0.268 e. The third-order valence-corrected chi connectivity index (χ3v) is 2.57. The van der Waals surface area contributed by atoms with Crippen LogP contribution >= 0.6 is 0 Å². The molecule has 0 aliphatic heterocycles. The monoisotopic (exact) mass is 239 g/mol. The number of hydrogen-bond donors (Lipinski definition) is 2. The van der Waals surface area contributed by atoms with Crippen molar-refractivity contribution in [1.82, 2.24) is 9.88 Å². The van der Waals surface area contributed by atoms with Crippen molar-refractivity contribution in [1.29, 1.82) is 0 Å². The Morgan fingerprint density at radius 1 is 1.65 bits per heavy atom. The Kier molecular flexibility index (Phi) is 5.03. The molecule has 1 rings (SSSR count). The van der Waals surface area contributed by atoms with Crippen molar-refractivity contribution in [2.75, 3.05) is 19.4 Å². The second kappa shape index (κ2) is 6.30. The summed E-state index contributed by atoms with van der Waals surface area (Å²) in [7, 11) is 1.62. The van der Waals surface area contributed by atoms with E-state index in [0.29, 0.717) is 17.9 Å². The summed E-state index contributed by atoms with van der Waals surface area (Å²) >= 11 is 0. The average molecular weight is 239 g/mol. The van der Waals surface area contributed by atoms with E-state index in [4.69, 9.17) is 10.5 Å². The number of hydrogen-bond acceptors (Lipinski definition) is 3. The van der Waals surface area contributed by atoms with E-state index in [2.05, 4.69) is 12.2 Å². The lowest BCUT2D eigenvalue weighted by Crippen LogP contribution is -2.32. The molecule has 1 atom stereocenters. The van der Waals surface area contributed by atoms with Gasteiger partial charge in [-0.3, -0.25) is 4.79 Å². The van der Waals surface area contributed by atoms with Gasteiger partial charge in [-0.05, 0) is 19.4 Å². The van der Waals surface area contributed by atoms with E-state index in [-0.39, 0.29) is 12.0 Å². The first kappa shape index (κ1) is 13.6.